The van der Waals surface area contributed by atoms with Gasteiger partial charge in [-0.25, -0.2) is 4.98 Å². The Hall–Kier alpha value is -6.85. The molecule has 4 aliphatic heterocycles. The number of carbonyl (C=O) groups excluding carboxylic acids is 6. The fourth-order valence-corrected chi connectivity index (χ4v) is 8.83. The Bertz CT molecular complexity index is 2600. The van der Waals surface area contributed by atoms with Gasteiger partial charge in [0, 0.05) is 80.3 Å². The topological polar surface area (TPSA) is 211 Å². The molecule has 4 aliphatic rings. The smallest absolute Gasteiger partial charge is 0.264 e. The molecular formula is C45H47N9O8. The van der Waals surface area contributed by atoms with E-state index in [2.05, 4.69) is 47.9 Å². The highest BCUT2D eigenvalue weighted by atomic mass is 16.5. The van der Waals surface area contributed by atoms with Crippen LogP contribution < -0.4 is 25.6 Å². The maximum Gasteiger partial charge on any atom is 0.264 e. The van der Waals surface area contributed by atoms with E-state index in [1.54, 1.807) is 19.1 Å². The zero-order valence-corrected chi connectivity index (χ0v) is 34.5. The van der Waals surface area contributed by atoms with Crippen LogP contribution in [-0.4, -0.2) is 131 Å². The SMILES string of the molecule is CC(=O)c1c(C)[nH]c(-c2nc3ccc(N4CCN(CCNC(=O)CNc5cccc6c5C(=O)N(C5CCC(=O)NC5=O)C6=O)CC4)cc3[nH]2)c1-c1ccc(OC2CCOC2)cc1. The predicted octanol–water partition coefficient (Wildman–Crippen LogP) is 3.66. The summed E-state index contributed by atoms with van der Waals surface area (Å²) in [6.45, 7) is 8.91. The molecule has 17 heteroatoms. The van der Waals surface area contributed by atoms with Crippen molar-refractivity contribution in [2.75, 3.05) is 69.2 Å². The molecule has 5 amide bonds. The summed E-state index contributed by atoms with van der Waals surface area (Å²) in [6, 6.07) is 17.7. The molecule has 62 heavy (non-hydrogen) atoms. The minimum atomic E-state index is -1.07. The molecule has 0 aliphatic carbocycles. The Morgan fingerprint density at radius 1 is 0.935 bits per heavy atom. The second kappa shape index (κ2) is 16.9. The molecule has 3 saturated heterocycles. The molecule has 2 aromatic heterocycles. The zero-order valence-electron chi connectivity index (χ0n) is 34.5. The average molecular weight is 842 g/mol. The van der Waals surface area contributed by atoms with Crippen molar-refractivity contribution in [3.8, 4) is 28.4 Å². The number of benzene rings is 3. The monoisotopic (exact) mass is 841 g/mol. The quantitative estimate of drug-likeness (QED) is 0.0850. The number of fused-ring (bicyclic) bond motifs is 2. The highest BCUT2D eigenvalue weighted by molar-refractivity contribution is 6.25. The van der Waals surface area contributed by atoms with Crippen LogP contribution >= 0.6 is 0 Å². The molecule has 2 atom stereocenters. The Kier molecular flexibility index (Phi) is 11.1. The lowest BCUT2D eigenvalue weighted by atomic mass is 9.97. The van der Waals surface area contributed by atoms with Gasteiger partial charge >= 0.3 is 0 Å². The molecule has 9 rings (SSSR count). The summed E-state index contributed by atoms with van der Waals surface area (Å²) in [7, 11) is 0. The summed E-state index contributed by atoms with van der Waals surface area (Å²) in [5.41, 5.74) is 7.14. The highest BCUT2D eigenvalue weighted by Crippen LogP contribution is 2.38. The normalized spacial score (nSPS) is 19.3. The number of H-pyrrole nitrogens is 2. The second-order valence-electron chi connectivity index (χ2n) is 16.1. The number of nitrogens with one attached hydrogen (secondary N) is 5. The summed E-state index contributed by atoms with van der Waals surface area (Å²) in [5.74, 6) is -1.28. The van der Waals surface area contributed by atoms with Crippen LogP contribution in [0, 0.1) is 6.92 Å². The number of piperazine rings is 1. The average Bonchev–Trinajstić information content (AvgIpc) is 4.06. The van der Waals surface area contributed by atoms with Gasteiger partial charge in [0.2, 0.25) is 17.7 Å². The number of amides is 5. The minimum Gasteiger partial charge on any atom is -0.488 e. The Balaban J connectivity index is 0.783. The fourth-order valence-electron chi connectivity index (χ4n) is 8.83. The third-order valence-electron chi connectivity index (χ3n) is 12.0. The number of ether oxygens (including phenoxy) is 2. The van der Waals surface area contributed by atoms with Gasteiger partial charge in [-0.15, -0.1) is 0 Å². The van der Waals surface area contributed by atoms with Crippen molar-refractivity contribution in [2.45, 2.75) is 45.3 Å². The number of hydrogen-bond donors (Lipinski definition) is 5. The van der Waals surface area contributed by atoms with Gasteiger partial charge in [0.1, 0.15) is 17.9 Å². The first-order valence-electron chi connectivity index (χ1n) is 20.9. The maximum atomic E-state index is 13.4. The number of nitrogens with zero attached hydrogens (tertiary/aromatic N) is 4. The van der Waals surface area contributed by atoms with Crippen molar-refractivity contribution >= 4 is 57.7 Å². The van der Waals surface area contributed by atoms with E-state index in [0.29, 0.717) is 43.4 Å². The van der Waals surface area contributed by atoms with E-state index < -0.39 is 29.7 Å². The van der Waals surface area contributed by atoms with Gasteiger partial charge < -0.3 is 35.0 Å². The second-order valence-corrected chi connectivity index (χ2v) is 16.1. The molecule has 17 nitrogen and oxygen atoms in total. The summed E-state index contributed by atoms with van der Waals surface area (Å²) in [6.07, 6.45) is 0.990. The fraction of sp³-hybridized carbons (Fsp3) is 0.356. The molecule has 5 aromatic rings. The Morgan fingerprint density at radius 3 is 2.48 bits per heavy atom. The van der Waals surface area contributed by atoms with Crippen LogP contribution in [0.2, 0.25) is 0 Å². The van der Waals surface area contributed by atoms with E-state index >= 15 is 0 Å². The first-order valence-corrected chi connectivity index (χ1v) is 20.9. The number of aromatic amines is 2. The summed E-state index contributed by atoms with van der Waals surface area (Å²) in [5, 5.41) is 8.11. The number of ketones is 1. The molecule has 0 saturated carbocycles. The number of imidazole rings is 1. The summed E-state index contributed by atoms with van der Waals surface area (Å²) >= 11 is 0. The van der Waals surface area contributed by atoms with Crippen molar-refractivity contribution in [1.29, 1.82) is 0 Å². The maximum absolute atomic E-state index is 13.4. The third-order valence-corrected chi connectivity index (χ3v) is 12.0. The lowest BCUT2D eigenvalue weighted by molar-refractivity contribution is -0.136. The molecule has 3 fully saturated rings. The molecule has 0 radical (unpaired) electrons. The van der Waals surface area contributed by atoms with Gasteiger partial charge in [0.25, 0.3) is 11.8 Å². The van der Waals surface area contributed by atoms with E-state index in [0.717, 1.165) is 82.5 Å². The van der Waals surface area contributed by atoms with Crippen LogP contribution in [0.1, 0.15) is 63.0 Å². The van der Waals surface area contributed by atoms with Crippen LogP contribution in [0.15, 0.2) is 60.7 Å². The highest BCUT2D eigenvalue weighted by Gasteiger charge is 2.45. The molecule has 0 bridgehead atoms. The minimum absolute atomic E-state index is 0.0297. The van der Waals surface area contributed by atoms with E-state index in [9.17, 15) is 28.8 Å². The number of Topliss-reactive ketones (excluding diaryl/α,β-unsaturated/α-hetero) is 1. The Labute approximate surface area is 356 Å². The number of carbonyl (C=O) groups is 6. The number of piperidine rings is 1. The molecule has 0 spiro atoms. The van der Waals surface area contributed by atoms with E-state index in [1.165, 1.54) is 6.07 Å². The summed E-state index contributed by atoms with van der Waals surface area (Å²) in [4.78, 5) is 93.8. The van der Waals surface area contributed by atoms with Gasteiger partial charge in [-0.05, 0) is 68.3 Å². The number of anilines is 2. The molecule has 320 valence electrons. The number of aryl methyl sites for hydroxylation is 1. The predicted molar refractivity (Wildman–Crippen MR) is 229 cm³/mol. The van der Waals surface area contributed by atoms with Crippen molar-refractivity contribution in [2.24, 2.45) is 0 Å². The van der Waals surface area contributed by atoms with Crippen LogP contribution in [-0.2, 0) is 19.1 Å². The van der Waals surface area contributed by atoms with E-state index in [-0.39, 0.29) is 48.3 Å². The lowest BCUT2D eigenvalue weighted by Crippen LogP contribution is -2.54. The number of aromatic nitrogens is 3. The van der Waals surface area contributed by atoms with Crippen molar-refractivity contribution in [3.63, 3.8) is 0 Å². The molecule has 3 aromatic carbocycles. The Morgan fingerprint density at radius 2 is 1.74 bits per heavy atom. The third kappa shape index (κ3) is 7.91. The first-order chi connectivity index (χ1) is 30.0. The molecular weight excluding hydrogens is 795 g/mol. The van der Waals surface area contributed by atoms with Crippen LogP contribution in [0.25, 0.3) is 33.7 Å². The molecule has 6 heterocycles. The molecule has 2 unspecified atom stereocenters. The van der Waals surface area contributed by atoms with Crippen molar-refractivity contribution in [1.82, 2.24) is 35.4 Å². The van der Waals surface area contributed by atoms with Crippen molar-refractivity contribution in [3.05, 3.63) is 83.0 Å². The largest absolute Gasteiger partial charge is 0.488 e. The van der Waals surface area contributed by atoms with Crippen molar-refractivity contribution < 1.29 is 38.2 Å². The summed E-state index contributed by atoms with van der Waals surface area (Å²) < 4.78 is 11.5. The van der Waals surface area contributed by atoms with E-state index in [1.807, 2.05) is 37.3 Å². The lowest BCUT2D eigenvalue weighted by Gasteiger charge is -2.36. The van der Waals surface area contributed by atoms with E-state index in [4.69, 9.17) is 14.5 Å². The molecule has 5 N–H and O–H groups in total. The van der Waals surface area contributed by atoms with Gasteiger partial charge in [-0.1, -0.05) is 18.2 Å². The number of rotatable bonds is 13. The van der Waals surface area contributed by atoms with Crippen LogP contribution in [0.5, 0.6) is 5.75 Å². The number of hydrogen-bond acceptors (Lipinski definition) is 12. The standard InChI is InChI=1S/C45H47N9O8/c1-25-38(26(2)55)39(27-6-9-29(10-7-27)62-30-14-21-61-24-30)41(48-25)42-49-32-11-8-28(22-34(32)50-42)53-19-17-52(18-20-53)16-15-46-37(57)23-47-33-5-3-4-31-40(33)45(60)54(44(31)59)35-12-13-36(56)51-43(35)58/h3-11,22,30,35,47-48H,12-21,23-24H2,1-2H3,(H,46,57)(H,49,50)(H,51,56,58). The number of imide groups is 2. The zero-order chi connectivity index (χ0) is 43.1. The van der Waals surface area contributed by atoms with Gasteiger partial charge in [0.05, 0.1) is 47.6 Å². The van der Waals surface area contributed by atoms with Gasteiger partial charge in [-0.2, -0.15) is 0 Å². The van der Waals surface area contributed by atoms with Gasteiger partial charge in [-0.3, -0.25) is 43.9 Å². The van der Waals surface area contributed by atoms with Gasteiger partial charge in [0.15, 0.2) is 11.6 Å². The first kappa shape index (κ1) is 40.6. The van der Waals surface area contributed by atoms with Crippen LogP contribution in [0.3, 0.4) is 0 Å². The van der Waals surface area contributed by atoms with Crippen LogP contribution in [0.4, 0.5) is 11.4 Å².